The number of amides is 3. The number of aryl methyl sites for hydroxylation is 1. The predicted molar refractivity (Wildman–Crippen MR) is 133 cm³/mol. The summed E-state index contributed by atoms with van der Waals surface area (Å²) in [5.74, 6) is -4.11. The molecule has 14 nitrogen and oxygen atoms in total. The minimum atomic E-state index is -1.50. The van der Waals surface area contributed by atoms with Crippen molar-refractivity contribution in [3.63, 3.8) is 0 Å². The number of fused-ring (bicyclic) bond motifs is 1. The van der Waals surface area contributed by atoms with Gasteiger partial charge in [-0.2, -0.15) is 0 Å². The zero-order chi connectivity index (χ0) is 28.1. The van der Waals surface area contributed by atoms with Crippen molar-refractivity contribution in [3.8, 4) is 0 Å². The van der Waals surface area contributed by atoms with E-state index in [4.69, 9.17) is 0 Å². The van der Waals surface area contributed by atoms with Gasteiger partial charge in [0, 0.05) is 30.9 Å². The van der Waals surface area contributed by atoms with Crippen LogP contribution in [-0.2, 0) is 31.0 Å². The van der Waals surface area contributed by atoms with Gasteiger partial charge < -0.3 is 30.4 Å². The van der Waals surface area contributed by atoms with Gasteiger partial charge in [-0.05, 0) is 34.4 Å². The molecule has 3 atom stereocenters. The Bertz CT molecular complexity index is 1330. The van der Waals surface area contributed by atoms with E-state index in [-0.39, 0.29) is 95.6 Å². The normalized spacial score (nSPS) is 18.2. The van der Waals surface area contributed by atoms with E-state index in [2.05, 4.69) is 26.2 Å². The molecule has 1 fully saturated rings. The Morgan fingerprint density at radius 2 is 1.85 bits per heavy atom. The fraction of sp³-hybridized carbons (Fsp3) is 0.391. The number of thioether (sulfide) groups is 2. The molecule has 0 aliphatic carbocycles. The van der Waals surface area contributed by atoms with Gasteiger partial charge >= 0.3 is 59.1 Å². The summed E-state index contributed by atoms with van der Waals surface area (Å²) in [6.07, 6.45) is -0.395. The van der Waals surface area contributed by atoms with Crippen LogP contribution in [0.4, 0.5) is 0 Å². The first-order valence-electron chi connectivity index (χ1n) is 11.7. The van der Waals surface area contributed by atoms with Crippen LogP contribution < -0.4 is 80.0 Å². The summed E-state index contributed by atoms with van der Waals surface area (Å²) < 4.78 is 1.44. The van der Waals surface area contributed by atoms with E-state index in [1.807, 2.05) is 0 Å². The minimum Gasteiger partial charge on any atom is -0.550 e. The molecule has 206 valence electrons. The molecule has 1 saturated heterocycles. The van der Waals surface area contributed by atoms with Crippen molar-refractivity contribution in [2.45, 2.75) is 41.9 Å². The molecule has 0 bridgehead atoms. The first kappa shape index (κ1) is 35.3. The van der Waals surface area contributed by atoms with E-state index < -0.39 is 47.1 Å². The van der Waals surface area contributed by atoms with E-state index >= 15 is 0 Å². The van der Waals surface area contributed by atoms with Crippen LogP contribution in [0.5, 0.6) is 0 Å². The summed E-state index contributed by atoms with van der Waals surface area (Å²) in [5, 5.41) is 38.8. The third-order valence-corrected chi connectivity index (χ3v) is 8.42. The molecule has 3 amide bonds. The van der Waals surface area contributed by atoms with Crippen LogP contribution in [0.15, 0.2) is 46.8 Å². The summed E-state index contributed by atoms with van der Waals surface area (Å²) >= 11 is 2.51. The number of benzene rings is 1. The maximum absolute atomic E-state index is 13.3. The standard InChI is InChI=1S/C23H25N7O7S2.2Na/c1-29-23(26-27-28-29)39-11-13-10-38-21-17(20(35)30(21)18(13)22(36)37)25-19(34)16(12-6-3-2-4-7-12)24-14(31)8-5-9-15(32)33;;/h2-4,6-7,16-17,21H,5,8-11H2,1H3,(H,24,31)(H,25,34)(H,32,33)(H,36,37);;/q;2*+1/p-2/t16?,17-,21-;;/m1../s1. The number of aliphatic carboxylic acids is 2. The van der Waals surface area contributed by atoms with Crippen LogP contribution in [0, 0.1) is 0 Å². The van der Waals surface area contributed by atoms with Gasteiger partial charge in [0.05, 0.1) is 11.7 Å². The van der Waals surface area contributed by atoms with Crippen LogP contribution >= 0.6 is 23.5 Å². The third kappa shape index (κ3) is 8.56. The number of carboxylic acid groups (broad SMARTS) is 2. The SMILES string of the molecule is Cn1nnnc1SCC1=C(C(=O)[O-])N2C(=O)[C@@H](NC(=O)C(NC(=O)CCCC(=O)[O-])c3ccccc3)[C@H]2SC1.[Na+].[Na+]. The number of β-lactam (4-membered cyclic amide) rings is 1. The number of hydrogen-bond acceptors (Lipinski definition) is 12. The topological polar surface area (TPSA) is 202 Å². The average Bonchev–Trinajstić information content (AvgIpc) is 3.32. The van der Waals surface area contributed by atoms with Crippen molar-refractivity contribution in [1.29, 1.82) is 0 Å². The van der Waals surface area contributed by atoms with Gasteiger partial charge in [-0.15, -0.1) is 16.9 Å². The molecular weight excluding hydrogens is 596 g/mol. The Morgan fingerprint density at radius 1 is 1.15 bits per heavy atom. The molecule has 0 spiro atoms. The van der Waals surface area contributed by atoms with Gasteiger partial charge in [-0.3, -0.25) is 19.3 Å². The first-order valence-corrected chi connectivity index (χ1v) is 13.8. The minimum absolute atomic E-state index is 0. The van der Waals surface area contributed by atoms with E-state index in [0.717, 1.165) is 4.90 Å². The molecule has 2 aromatic rings. The van der Waals surface area contributed by atoms with Gasteiger partial charge in [-0.25, -0.2) is 4.68 Å². The smallest absolute Gasteiger partial charge is 0.550 e. The number of carbonyl (C=O) groups is 5. The average molecular weight is 620 g/mol. The molecule has 2 aliphatic heterocycles. The first-order chi connectivity index (χ1) is 18.7. The van der Waals surface area contributed by atoms with Crippen LogP contribution in [0.3, 0.4) is 0 Å². The zero-order valence-electron chi connectivity index (χ0n) is 22.6. The number of carboxylic acids is 2. The third-order valence-electron chi connectivity index (χ3n) is 5.98. The summed E-state index contributed by atoms with van der Waals surface area (Å²) in [7, 11) is 1.65. The van der Waals surface area contributed by atoms with Crippen molar-refractivity contribution in [3.05, 3.63) is 47.2 Å². The van der Waals surface area contributed by atoms with E-state index in [1.54, 1.807) is 37.4 Å². The van der Waals surface area contributed by atoms with Crippen molar-refractivity contribution in [1.82, 2.24) is 35.7 Å². The molecule has 2 N–H and O–H groups in total. The molecule has 0 radical (unpaired) electrons. The Morgan fingerprint density at radius 3 is 2.46 bits per heavy atom. The monoisotopic (exact) mass is 619 g/mol. The number of nitrogens with zero attached hydrogens (tertiary/aromatic N) is 5. The van der Waals surface area contributed by atoms with Gasteiger partial charge in [0.2, 0.25) is 17.0 Å². The number of rotatable bonds is 12. The molecule has 2 aliphatic rings. The molecule has 18 heteroatoms. The molecule has 41 heavy (non-hydrogen) atoms. The molecule has 3 heterocycles. The van der Waals surface area contributed by atoms with Gasteiger partial charge in [0.15, 0.2) is 0 Å². The maximum Gasteiger partial charge on any atom is 1.00 e. The van der Waals surface area contributed by atoms with E-state index in [0.29, 0.717) is 16.3 Å². The Hall–Kier alpha value is -1.92. The second kappa shape index (κ2) is 16.1. The molecule has 4 rings (SSSR count). The summed E-state index contributed by atoms with van der Waals surface area (Å²) in [6.45, 7) is 0. The second-order valence-corrected chi connectivity index (χ2v) is 10.7. The fourth-order valence-electron chi connectivity index (χ4n) is 4.09. The van der Waals surface area contributed by atoms with E-state index in [9.17, 15) is 34.2 Å². The Kier molecular flexibility index (Phi) is 13.8. The van der Waals surface area contributed by atoms with Crippen molar-refractivity contribution in [2.75, 3.05) is 11.5 Å². The van der Waals surface area contributed by atoms with Crippen molar-refractivity contribution in [2.24, 2.45) is 7.05 Å². The van der Waals surface area contributed by atoms with Crippen LogP contribution in [0.25, 0.3) is 0 Å². The maximum atomic E-state index is 13.3. The van der Waals surface area contributed by atoms with Crippen molar-refractivity contribution >= 4 is 53.2 Å². The molecule has 0 saturated carbocycles. The van der Waals surface area contributed by atoms with Gasteiger partial charge in [-0.1, -0.05) is 42.1 Å². The largest absolute Gasteiger partial charge is 1.00 e. The number of nitrogens with one attached hydrogen (secondary N) is 2. The molecule has 1 unspecified atom stereocenters. The van der Waals surface area contributed by atoms with Crippen molar-refractivity contribution < 1.29 is 93.3 Å². The number of aromatic nitrogens is 4. The summed E-state index contributed by atoms with van der Waals surface area (Å²) in [6, 6.07) is 6.18. The second-order valence-electron chi connectivity index (χ2n) is 8.65. The van der Waals surface area contributed by atoms with Gasteiger partial charge in [0.1, 0.15) is 17.5 Å². The van der Waals surface area contributed by atoms with Crippen LogP contribution in [0.2, 0.25) is 0 Å². The zero-order valence-corrected chi connectivity index (χ0v) is 28.2. The van der Waals surface area contributed by atoms with E-state index in [1.165, 1.54) is 28.2 Å². The number of hydrogen-bond donors (Lipinski definition) is 2. The molecule has 1 aromatic carbocycles. The Labute approximate surface area is 287 Å². The number of carbonyl (C=O) groups excluding carboxylic acids is 5. The summed E-state index contributed by atoms with van der Waals surface area (Å²) in [4.78, 5) is 62.5. The predicted octanol–water partition coefficient (Wildman–Crippen LogP) is -8.51. The number of tetrazole rings is 1. The quantitative estimate of drug-likeness (QED) is 0.129. The molecular formula is C23H23N7Na2O7S2. The van der Waals surface area contributed by atoms with Gasteiger partial charge in [0.25, 0.3) is 5.91 Å². The summed E-state index contributed by atoms with van der Waals surface area (Å²) in [5.41, 5.74) is 0.683. The van der Waals surface area contributed by atoms with Crippen LogP contribution in [-0.4, -0.2) is 77.7 Å². The molecule has 1 aromatic heterocycles. The Balaban J connectivity index is 0.00000294. The fourth-order valence-corrected chi connectivity index (χ4v) is 6.42. The van der Waals surface area contributed by atoms with Crippen LogP contribution in [0.1, 0.15) is 30.9 Å².